The normalized spacial score (nSPS) is 11.5. The summed E-state index contributed by atoms with van der Waals surface area (Å²) in [6.07, 6.45) is -3.75. The van der Waals surface area contributed by atoms with E-state index in [1.807, 2.05) is 0 Å². The van der Waals surface area contributed by atoms with Crippen molar-refractivity contribution in [2.24, 2.45) is 7.05 Å². The molecule has 1 aromatic heterocycles. The van der Waals surface area contributed by atoms with Gasteiger partial charge in [-0.1, -0.05) is 0 Å². The van der Waals surface area contributed by atoms with Gasteiger partial charge in [-0.05, 0) is 30.7 Å². The molecule has 0 bridgehead atoms. The van der Waals surface area contributed by atoms with Crippen molar-refractivity contribution in [3.63, 3.8) is 0 Å². The second-order valence-electron chi connectivity index (χ2n) is 4.48. The van der Waals surface area contributed by atoms with Crippen LogP contribution in [0, 0.1) is 12.7 Å². The maximum Gasteiger partial charge on any atom is 0.435 e. The number of rotatable bonds is 2. The summed E-state index contributed by atoms with van der Waals surface area (Å²) < 4.78 is 52.2. The van der Waals surface area contributed by atoms with E-state index in [1.54, 1.807) is 0 Å². The minimum Gasteiger partial charge on any atom is -0.322 e. The summed E-state index contributed by atoms with van der Waals surface area (Å²) in [6.45, 7) is 1.53. The van der Waals surface area contributed by atoms with E-state index >= 15 is 0 Å². The molecule has 0 saturated carbocycles. The van der Waals surface area contributed by atoms with Crippen molar-refractivity contribution in [1.29, 1.82) is 0 Å². The first kappa shape index (κ1) is 15.0. The van der Waals surface area contributed by atoms with E-state index < -0.39 is 29.2 Å². The van der Waals surface area contributed by atoms with E-state index in [-0.39, 0.29) is 5.69 Å². The summed E-state index contributed by atoms with van der Waals surface area (Å²) in [5.41, 5.74) is -1.21. The molecule has 8 heteroatoms. The summed E-state index contributed by atoms with van der Waals surface area (Å²) in [7, 11) is 1.29. The molecule has 1 N–H and O–H groups in total. The average molecular weight is 301 g/mol. The first-order chi connectivity index (χ1) is 9.68. The highest BCUT2D eigenvalue weighted by molar-refractivity contribution is 6.05. The van der Waals surface area contributed by atoms with Crippen LogP contribution < -0.4 is 5.32 Å². The van der Waals surface area contributed by atoms with Crippen LogP contribution in [0.3, 0.4) is 0 Å². The zero-order valence-corrected chi connectivity index (χ0v) is 11.1. The third-order valence-electron chi connectivity index (χ3n) is 2.78. The van der Waals surface area contributed by atoms with E-state index in [4.69, 9.17) is 0 Å². The molecule has 112 valence electrons. The van der Waals surface area contributed by atoms with Gasteiger partial charge in [-0.3, -0.25) is 9.48 Å². The highest BCUT2D eigenvalue weighted by Gasteiger charge is 2.39. The maximum absolute atomic E-state index is 13.0. The molecule has 21 heavy (non-hydrogen) atoms. The lowest BCUT2D eigenvalue weighted by molar-refractivity contribution is -0.141. The molecule has 0 fully saturated rings. The fraction of sp³-hybridized carbons (Fsp3) is 0.231. The third-order valence-corrected chi connectivity index (χ3v) is 2.78. The minimum absolute atomic E-state index is 0.235. The van der Waals surface area contributed by atoms with Crippen LogP contribution in [-0.2, 0) is 13.2 Å². The number of alkyl halides is 3. The zero-order chi connectivity index (χ0) is 15.8. The minimum atomic E-state index is -4.73. The number of amides is 1. The van der Waals surface area contributed by atoms with Gasteiger partial charge in [-0.25, -0.2) is 4.39 Å². The topological polar surface area (TPSA) is 46.9 Å². The molecular weight excluding hydrogens is 290 g/mol. The smallest absolute Gasteiger partial charge is 0.322 e. The van der Waals surface area contributed by atoms with Crippen LogP contribution >= 0.6 is 0 Å². The number of carbonyl (C=O) groups is 1. The standard InChI is InChI=1S/C13H11F4N3O/c1-7-5-8(14)3-4-10(7)18-12(21)9-6-20(2)19-11(9)13(15,16)17/h3-6H,1-2H3,(H,18,21). The van der Waals surface area contributed by atoms with Gasteiger partial charge in [0.1, 0.15) is 5.82 Å². The molecule has 2 aromatic rings. The highest BCUT2D eigenvalue weighted by atomic mass is 19.4. The molecule has 0 spiro atoms. The fourth-order valence-electron chi connectivity index (χ4n) is 1.82. The highest BCUT2D eigenvalue weighted by Crippen LogP contribution is 2.31. The van der Waals surface area contributed by atoms with Crippen molar-refractivity contribution in [2.75, 3.05) is 5.32 Å². The number of nitrogens with zero attached hydrogens (tertiary/aromatic N) is 2. The van der Waals surface area contributed by atoms with Gasteiger partial charge in [0.05, 0.1) is 5.56 Å². The van der Waals surface area contributed by atoms with E-state index in [0.717, 1.165) is 16.9 Å². The first-order valence-corrected chi connectivity index (χ1v) is 5.87. The quantitative estimate of drug-likeness (QED) is 0.866. The molecule has 1 amide bonds. The van der Waals surface area contributed by atoms with E-state index in [9.17, 15) is 22.4 Å². The molecule has 0 radical (unpaired) electrons. The van der Waals surface area contributed by atoms with E-state index in [2.05, 4.69) is 10.4 Å². The molecule has 0 unspecified atom stereocenters. The number of aromatic nitrogens is 2. The Morgan fingerprint density at radius 2 is 2.00 bits per heavy atom. The summed E-state index contributed by atoms with van der Waals surface area (Å²) in [5.74, 6) is -1.45. The van der Waals surface area contributed by atoms with Crippen molar-refractivity contribution in [3.05, 3.63) is 47.0 Å². The van der Waals surface area contributed by atoms with Crippen LogP contribution in [0.4, 0.5) is 23.2 Å². The van der Waals surface area contributed by atoms with Crippen LogP contribution in [-0.4, -0.2) is 15.7 Å². The fourth-order valence-corrected chi connectivity index (χ4v) is 1.82. The molecule has 1 aromatic carbocycles. The average Bonchev–Trinajstić information content (AvgIpc) is 2.75. The molecule has 2 rings (SSSR count). The Balaban J connectivity index is 2.33. The monoisotopic (exact) mass is 301 g/mol. The van der Waals surface area contributed by atoms with Crippen LogP contribution in [0.2, 0.25) is 0 Å². The van der Waals surface area contributed by atoms with Gasteiger partial charge in [0.15, 0.2) is 5.69 Å². The Labute approximate surface area is 117 Å². The number of anilines is 1. The van der Waals surface area contributed by atoms with E-state index in [1.165, 1.54) is 26.1 Å². The predicted octanol–water partition coefficient (Wildman–Crippen LogP) is 3.14. The third kappa shape index (κ3) is 3.21. The summed E-state index contributed by atoms with van der Waals surface area (Å²) >= 11 is 0. The first-order valence-electron chi connectivity index (χ1n) is 5.87. The second kappa shape index (κ2) is 5.19. The van der Waals surface area contributed by atoms with Crippen molar-refractivity contribution in [1.82, 2.24) is 9.78 Å². The molecule has 0 atom stereocenters. The zero-order valence-electron chi connectivity index (χ0n) is 11.1. The van der Waals surface area contributed by atoms with Crippen molar-refractivity contribution in [2.45, 2.75) is 13.1 Å². The van der Waals surface area contributed by atoms with Gasteiger partial charge in [0.25, 0.3) is 5.91 Å². The Morgan fingerprint density at radius 3 is 2.57 bits per heavy atom. The van der Waals surface area contributed by atoms with E-state index in [0.29, 0.717) is 5.56 Å². The van der Waals surface area contributed by atoms with Crippen LogP contribution in [0.1, 0.15) is 21.6 Å². The number of halogens is 4. The molecule has 0 aliphatic rings. The number of hydrogen-bond acceptors (Lipinski definition) is 2. The Hall–Kier alpha value is -2.38. The van der Waals surface area contributed by atoms with Gasteiger partial charge < -0.3 is 5.32 Å². The van der Waals surface area contributed by atoms with Gasteiger partial charge in [0.2, 0.25) is 0 Å². The number of nitrogens with one attached hydrogen (secondary N) is 1. The van der Waals surface area contributed by atoms with Gasteiger partial charge >= 0.3 is 6.18 Å². The number of benzene rings is 1. The lowest BCUT2D eigenvalue weighted by atomic mass is 10.1. The number of hydrogen-bond donors (Lipinski definition) is 1. The largest absolute Gasteiger partial charge is 0.435 e. The van der Waals surface area contributed by atoms with Gasteiger partial charge in [-0.15, -0.1) is 0 Å². The number of aryl methyl sites for hydroxylation is 2. The molecule has 1 heterocycles. The molecule has 0 aliphatic carbocycles. The SMILES string of the molecule is Cc1cc(F)ccc1NC(=O)c1cn(C)nc1C(F)(F)F. The second-order valence-corrected chi connectivity index (χ2v) is 4.48. The van der Waals surface area contributed by atoms with Crippen LogP contribution in [0.15, 0.2) is 24.4 Å². The van der Waals surface area contributed by atoms with Crippen LogP contribution in [0.25, 0.3) is 0 Å². The Bertz CT molecular complexity index is 691. The summed E-state index contributed by atoms with van der Waals surface area (Å²) in [6, 6.07) is 3.56. The Morgan fingerprint density at radius 1 is 1.33 bits per heavy atom. The molecule has 4 nitrogen and oxygen atoms in total. The molecule has 0 aliphatic heterocycles. The van der Waals surface area contributed by atoms with Crippen molar-refractivity contribution in [3.8, 4) is 0 Å². The number of carbonyl (C=O) groups excluding carboxylic acids is 1. The Kier molecular flexibility index (Phi) is 3.71. The van der Waals surface area contributed by atoms with Gasteiger partial charge in [0, 0.05) is 18.9 Å². The molecule has 0 saturated heterocycles. The summed E-state index contributed by atoms with van der Waals surface area (Å²) in [5, 5.41) is 5.57. The van der Waals surface area contributed by atoms with Crippen LogP contribution in [0.5, 0.6) is 0 Å². The lowest BCUT2D eigenvalue weighted by Gasteiger charge is -2.09. The van der Waals surface area contributed by atoms with Crippen molar-refractivity contribution < 1.29 is 22.4 Å². The van der Waals surface area contributed by atoms with Gasteiger partial charge in [-0.2, -0.15) is 18.3 Å². The predicted molar refractivity (Wildman–Crippen MR) is 67.3 cm³/mol. The molecular formula is C13H11F4N3O. The lowest BCUT2D eigenvalue weighted by Crippen LogP contribution is -2.18. The van der Waals surface area contributed by atoms with Crippen molar-refractivity contribution >= 4 is 11.6 Å². The maximum atomic E-state index is 13.0. The summed E-state index contributed by atoms with van der Waals surface area (Å²) in [4.78, 5) is 12.0.